The Morgan fingerprint density at radius 3 is 2.06 bits per heavy atom. The van der Waals surface area contributed by atoms with Crippen LogP contribution in [0, 0.1) is 0 Å². The van der Waals surface area contributed by atoms with Crippen molar-refractivity contribution in [2.24, 2.45) is 0 Å². The van der Waals surface area contributed by atoms with Crippen LogP contribution in [0.4, 0.5) is 13.6 Å². The van der Waals surface area contributed by atoms with Gasteiger partial charge in [-0.3, -0.25) is 0 Å². The van der Waals surface area contributed by atoms with Crippen LogP contribution in [0.3, 0.4) is 0 Å². The lowest BCUT2D eigenvalue weighted by molar-refractivity contribution is -0.129. The summed E-state index contributed by atoms with van der Waals surface area (Å²) >= 11 is 0. The van der Waals surface area contributed by atoms with E-state index in [1.165, 1.54) is 14.2 Å². The van der Waals surface area contributed by atoms with Gasteiger partial charge in [0, 0.05) is 20.6 Å². The summed E-state index contributed by atoms with van der Waals surface area (Å²) in [4.78, 5) is 11.5. The smallest absolute Gasteiger partial charge is 0.408 e. The molecule has 0 saturated carbocycles. The van der Waals surface area contributed by atoms with Gasteiger partial charge in [0.2, 0.25) is 6.43 Å². The second kappa shape index (κ2) is 7.48. The average molecular weight is 269 g/mol. The van der Waals surface area contributed by atoms with Crippen molar-refractivity contribution < 1.29 is 27.8 Å². The molecule has 1 amide bonds. The summed E-state index contributed by atoms with van der Waals surface area (Å²) in [6, 6.07) is -0.977. The lowest BCUT2D eigenvalue weighted by Gasteiger charge is -2.27. The number of ether oxygens (including phenoxy) is 3. The molecule has 1 N–H and O–H groups in total. The van der Waals surface area contributed by atoms with E-state index in [4.69, 9.17) is 14.2 Å². The molecule has 1 atom stereocenters. The quantitative estimate of drug-likeness (QED) is 0.751. The molecule has 0 aromatic rings. The zero-order chi connectivity index (χ0) is 14.3. The molecule has 0 rings (SSSR count). The number of alkyl carbamates (subject to hydrolysis) is 1. The van der Waals surface area contributed by atoms with E-state index in [-0.39, 0.29) is 0 Å². The van der Waals surface area contributed by atoms with Crippen molar-refractivity contribution in [2.45, 2.75) is 51.6 Å². The van der Waals surface area contributed by atoms with E-state index in [0.29, 0.717) is 0 Å². The maximum Gasteiger partial charge on any atom is 0.408 e. The number of carbonyl (C=O) groups is 1. The summed E-state index contributed by atoms with van der Waals surface area (Å²) in [6.45, 7) is 5.04. The van der Waals surface area contributed by atoms with Crippen LogP contribution in [0.2, 0.25) is 0 Å². The number of hydrogen-bond acceptors (Lipinski definition) is 4. The summed E-state index contributed by atoms with van der Waals surface area (Å²) in [5.41, 5.74) is -0.699. The van der Waals surface area contributed by atoms with Crippen LogP contribution < -0.4 is 5.32 Å². The molecule has 0 heterocycles. The molecule has 0 saturated heterocycles. The van der Waals surface area contributed by atoms with Crippen LogP contribution in [0.25, 0.3) is 0 Å². The van der Waals surface area contributed by atoms with Crippen molar-refractivity contribution in [3.63, 3.8) is 0 Å². The molecular formula is C11H21F2NO4. The van der Waals surface area contributed by atoms with Crippen molar-refractivity contribution in [3.05, 3.63) is 0 Å². The molecule has 0 bridgehead atoms. The normalized spacial score (nSPS) is 13.8. The minimum Gasteiger partial charge on any atom is -0.444 e. The number of hydrogen-bond donors (Lipinski definition) is 1. The Bertz CT molecular complexity index is 252. The molecule has 1 unspecified atom stereocenters. The predicted octanol–water partition coefficient (Wildman–Crippen LogP) is 2.15. The molecule has 0 radical (unpaired) electrons. The van der Waals surface area contributed by atoms with Crippen molar-refractivity contribution in [1.82, 2.24) is 5.32 Å². The number of halogens is 2. The largest absolute Gasteiger partial charge is 0.444 e. The van der Waals surface area contributed by atoms with Gasteiger partial charge in [0.05, 0.1) is 6.04 Å². The van der Waals surface area contributed by atoms with Gasteiger partial charge in [0.1, 0.15) is 5.60 Å². The van der Waals surface area contributed by atoms with Crippen LogP contribution in [-0.4, -0.2) is 44.7 Å². The van der Waals surface area contributed by atoms with E-state index in [9.17, 15) is 13.6 Å². The molecule has 0 spiro atoms. The first-order valence-corrected chi connectivity index (χ1v) is 5.53. The van der Waals surface area contributed by atoms with E-state index in [2.05, 4.69) is 5.32 Å². The maximum atomic E-state index is 12.4. The Morgan fingerprint density at radius 1 is 1.22 bits per heavy atom. The van der Waals surface area contributed by atoms with Gasteiger partial charge in [0.25, 0.3) is 0 Å². The number of alkyl halides is 2. The van der Waals surface area contributed by atoms with Gasteiger partial charge in [0.15, 0.2) is 6.29 Å². The monoisotopic (exact) mass is 269 g/mol. The zero-order valence-corrected chi connectivity index (χ0v) is 11.3. The molecule has 108 valence electrons. The zero-order valence-electron chi connectivity index (χ0n) is 11.3. The summed E-state index contributed by atoms with van der Waals surface area (Å²) in [6.07, 6.45) is -4.90. The Hall–Kier alpha value is -0.950. The second-order valence-corrected chi connectivity index (χ2v) is 4.72. The molecule has 0 fully saturated rings. The highest BCUT2D eigenvalue weighted by Gasteiger charge is 2.28. The van der Waals surface area contributed by atoms with Gasteiger partial charge >= 0.3 is 6.09 Å². The van der Waals surface area contributed by atoms with Crippen molar-refractivity contribution in [2.75, 3.05) is 14.2 Å². The topological polar surface area (TPSA) is 56.8 Å². The van der Waals surface area contributed by atoms with Crippen LogP contribution >= 0.6 is 0 Å². The van der Waals surface area contributed by atoms with Crippen LogP contribution in [0.1, 0.15) is 27.2 Å². The second-order valence-electron chi connectivity index (χ2n) is 4.72. The number of methoxy groups -OCH3 is 2. The highest BCUT2D eigenvalue weighted by Crippen LogP contribution is 2.12. The number of amides is 1. The number of carbonyl (C=O) groups excluding carboxylic acids is 1. The Kier molecular flexibility index (Phi) is 7.08. The van der Waals surface area contributed by atoms with Crippen LogP contribution in [-0.2, 0) is 14.2 Å². The minimum absolute atomic E-state index is 0.578. The highest BCUT2D eigenvalue weighted by atomic mass is 19.3. The molecule has 7 heteroatoms. The SMILES string of the molecule is COC(OC)C(CC(F)F)NC(=O)OC(C)(C)C. The van der Waals surface area contributed by atoms with Gasteiger partial charge in [-0.25, -0.2) is 13.6 Å². The highest BCUT2D eigenvalue weighted by molar-refractivity contribution is 5.68. The molecule has 5 nitrogen and oxygen atoms in total. The third-order valence-electron chi connectivity index (χ3n) is 1.93. The van der Waals surface area contributed by atoms with E-state index < -0.39 is 36.9 Å². The van der Waals surface area contributed by atoms with Crippen molar-refractivity contribution in [1.29, 1.82) is 0 Å². The molecular weight excluding hydrogens is 248 g/mol. The lowest BCUT2D eigenvalue weighted by atomic mass is 10.2. The molecule has 0 aliphatic rings. The Morgan fingerprint density at radius 2 is 1.72 bits per heavy atom. The third-order valence-corrected chi connectivity index (χ3v) is 1.93. The van der Waals surface area contributed by atoms with E-state index in [1.807, 2.05) is 0 Å². The van der Waals surface area contributed by atoms with Crippen LogP contribution in [0.15, 0.2) is 0 Å². The first kappa shape index (κ1) is 17.1. The Balaban J connectivity index is 4.53. The molecule has 0 aromatic carbocycles. The number of nitrogens with one attached hydrogen (secondary N) is 1. The van der Waals surface area contributed by atoms with Gasteiger partial charge < -0.3 is 19.5 Å². The summed E-state index contributed by atoms with van der Waals surface area (Å²) in [7, 11) is 2.62. The first-order chi connectivity index (χ1) is 8.19. The maximum absolute atomic E-state index is 12.4. The van der Waals surface area contributed by atoms with Crippen molar-refractivity contribution >= 4 is 6.09 Å². The van der Waals surface area contributed by atoms with Gasteiger partial charge in [-0.1, -0.05) is 0 Å². The fraction of sp³-hybridized carbons (Fsp3) is 0.909. The average Bonchev–Trinajstić information content (AvgIpc) is 2.14. The fourth-order valence-electron chi connectivity index (χ4n) is 1.31. The van der Waals surface area contributed by atoms with Gasteiger partial charge in [-0.05, 0) is 20.8 Å². The third kappa shape index (κ3) is 7.39. The standard InChI is InChI=1S/C11H21F2NO4/c1-11(2,3)18-10(15)14-7(6-8(12)13)9(16-4)17-5/h7-9H,6H2,1-5H3,(H,14,15). The molecule has 0 aromatic heterocycles. The minimum atomic E-state index is -2.59. The number of rotatable bonds is 6. The molecule has 18 heavy (non-hydrogen) atoms. The Labute approximate surface area is 106 Å². The van der Waals surface area contributed by atoms with E-state index in [1.54, 1.807) is 20.8 Å². The summed E-state index contributed by atoms with van der Waals surface area (Å²) < 4.78 is 39.5. The molecule has 0 aliphatic carbocycles. The lowest BCUT2D eigenvalue weighted by Crippen LogP contribution is -2.47. The van der Waals surface area contributed by atoms with Crippen LogP contribution in [0.5, 0.6) is 0 Å². The van der Waals surface area contributed by atoms with E-state index in [0.717, 1.165) is 0 Å². The summed E-state index contributed by atoms with van der Waals surface area (Å²) in [5.74, 6) is 0. The van der Waals surface area contributed by atoms with E-state index >= 15 is 0 Å². The van der Waals surface area contributed by atoms with Gasteiger partial charge in [-0.2, -0.15) is 0 Å². The summed E-state index contributed by atoms with van der Waals surface area (Å²) in [5, 5.41) is 2.32. The van der Waals surface area contributed by atoms with Gasteiger partial charge in [-0.15, -0.1) is 0 Å². The predicted molar refractivity (Wildman–Crippen MR) is 61.6 cm³/mol. The fourth-order valence-corrected chi connectivity index (χ4v) is 1.31. The molecule has 0 aliphatic heterocycles. The van der Waals surface area contributed by atoms with Crippen molar-refractivity contribution in [3.8, 4) is 0 Å². The first-order valence-electron chi connectivity index (χ1n) is 5.53.